The molecular weight excluding hydrogens is 244 g/mol. The van der Waals surface area contributed by atoms with Crippen LogP contribution in [0.15, 0.2) is 18.2 Å². The number of hydrogen-bond acceptors (Lipinski definition) is 4. The molecule has 0 aliphatic carbocycles. The molecule has 1 aromatic rings. The van der Waals surface area contributed by atoms with Gasteiger partial charge < -0.3 is 15.3 Å². The Balaban J connectivity index is 3.08. The first-order valence-corrected chi connectivity index (χ1v) is 5.82. The lowest BCUT2D eigenvalue weighted by molar-refractivity contribution is 0.0326. The van der Waals surface area contributed by atoms with E-state index in [1.807, 2.05) is 0 Å². The fourth-order valence-electron chi connectivity index (χ4n) is 1.46. The lowest BCUT2D eigenvalue weighted by Crippen LogP contribution is -2.20. The molecular formula is C12H15ClO4. The Morgan fingerprint density at radius 1 is 1.41 bits per heavy atom. The third-order valence-electron chi connectivity index (χ3n) is 2.51. The number of phenolic OH excluding ortho intramolecular Hbond substituents is 1. The first-order chi connectivity index (χ1) is 8.01. The largest absolute Gasteiger partial charge is 0.507 e. The summed E-state index contributed by atoms with van der Waals surface area (Å²) in [6.07, 6.45) is -2.02. The second kappa shape index (κ2) is 6.00. The molecule has 0 saturated carbocycles. The van der Waals surface area contributed by atoms with E-state index in [-0.39, 0.29) is 29.4 Å². The molecule has 1 rings (SSSR count). The van der Waals surface area contributed by atoms with Crippen LogP contribution in [0, 0.1) is 0 Å². The van der Waals surface area contributed by atoms with Crippen molar-refractivity contribution in [3.8, 4) is 5.75 Å². The van der Waals surface area contributed by atoms with Gasteiger partial charge in [-0.3, -0.25) is 4.79 Å². The normalized spacial score (nSPS) is 14.4. The average molecular weight is 259 g/mol. The number of rotatable bonds is 5. The minimum absolute atomic E-state index is 0.112. The second-order valence-electron chi connectivity index (χ2n) is 3.72. The molecule has 0 heterocycles. The number of Topliss-reactive ketones (excluding diaryl/α,β-unsaturated/α-hetero) is 1. The molecule has 2 unspecified atom stereocenters. The topological polar surface area (TPSA) is 77.8 Å². The molecule has 0 aromatic heterocycles. The molecule has 0 amide bonds. The number of hydrogen-bond donors (Lipinski definition) is 3. The molecule has 1 aromatic carbocycles. The van der Waals surface area contributed by atoms with E-state index >= 15 is 0 Å². The van der Waals surface area contributed by atoms with Crippen molar-refractivity contribution < 1.29 is 20.1 Å². The minimum atomic E-state index is -1.17. The van der Waals surface area contributed by atoms with Crippen LogP contribution in [0.5, 0.6) is 5.75 Å². The fraction of sp³-hybridized carbons (Fsp3) is 0.417. The zero-order valence-corrected chi connectivity index (χ0v) is 10.2. The summed E-state index contributed by atoms with van der Waals surface area (Å²) in [5.41, 5.74) is 0.499. The summed E-state index contributed by atoms with van der Waals surface area (Å²) in [7, 11) is 0. The van der Waals surface area contributed by atoms with E-state index in [9.17, 15) is 20.1 Å². The highest BCUT2D eigenvalue weighted by Crippen LogP contribution is 2.25. The maximum Gasteiger partial charge on any atom is 0.166 e. The molecule has 94 valence electrons. The van der Waals surface area contributed by atoms with Gasteiger partial charge in [-0.25, -0.2) is 0 Å². The molecule has 0 fully saturated rings. The van der Waals surface area contributed by atoms with Crippen molar-refractivity contribution in [2.45, 2.75) is 25.6 Å². The molecule has 0 aliphatic rings. The van der Waals surface area contributed by atoms with Crippen LogP contribution in [0.1, 0.15) is 35.4 Å². The number of halogens is 1. The van der Waals surface area contributed by atoms with E-state index in [2.05, 4.69) is 0 Å². The third kappa shape index (κ3) is 3.19. The molecule has 0 aliphatic heterocycles. The van der Waals surface area contributed by atoms with Crippen LogP contribution >= 0.6 is 11.6 Å². The Morgan fingerprint density at radius 2 is 2.06 bits per heavy atom. The molecule has 2 atom stereocenters. The predicted octanol–water partition coefficient (Wildman–Crippen LogP) is 1.62. The highest BCUT2D eigenvalue weighted by Gasteiger charge is 2.19. The lowest BCUT2D eigenvalue weighted by Gasteiger charge is -2.16. The summed E-state index contributed by atoms with van der Waals surface area (Å²) in [5, 5.41) is 28.7. The standard InChI is InChI=1S/C12H15ClO4/c1-2-9(14)8-5-7(3-4-10(8)15)12(17)11(16)6-13/h3-5,11-12,15-17H,2,6H2,1H3. The number of carbonyl (C=O) groups excluding carboxylic acids is 1. The van der Waals surface area contributed by atoms with Gasteiger partial charge in [0.1, 0.15) is 11.9 Å². The summed E-state index contributed by atoms with van der Waals surface area (Å²) >= 11 is 5.43. The molecule has 0 saturated heterocycles. The van der Waals surface area contributed by atoms with Crippen molar-refractivity contribution in [3.05, 3.63) is 29.3 Å². The molecule has 0 spiro atoms. The van der Waals surface area contributed by atoms with E-state index in [0.29, 0.717) is 5.56 Å². The monoisotopic (exact) mass is 258 g/mol. The molecule has 17 heavy (non-hydrogen) atoms. The van der Waals surface area contributed by atoms with Crippen LogP contribution in [0.2, 0.25) is 0 Å². The van der Waals surface area contributed by atoms with E-state index in [1.54, 1.807) is 6.92 Å². The Bertz CT molecular complexity index is 405. The molecule has 0 bridgehead atoms. The van der Waals surface area contributed by atoms with Crippen LogP contribution in [0.4, 0.5) is 0 Å². The molecule has 0 radical (unpaired) electrons. The number of alkyl halides is 1. The highest BCUT2D eigenvalue weighted by molar-refractivity contribution is 6.18. The highest BCUT2D eigenvalue weighted by atomic mass is 35.5. The number of aliphatic hydroxyl groups is 2. The van der Waals surface area contributed by atoms with Gasteiger partial charge in [0.05, 0.1) is 17.5 Å². The quantitative estimate of drug-likeness (QED) is 0.554. The van der Waals surface area contributed by atoms with Crippen molar-refractivity contribution in [2.24, 2.45) is 0 Å². The van der Waals surface area contributed by atoms with Crippen LogP contribution in [-0.4, -0.2) is 33.1 Å². The first kappa shape index (κ1) is 14.0. The summed E-state index contributed by atoms with van der Waals surface area (Å²) in [4.78, 5) is 11.5. The van der Waals surface area contributed by atoms with Crippen molar-refractivity contribution in [3.63, 3.8) is 0 Å². The number of carbonyl (C=O) groups is 1. The first-order valence-electron chi connectivity index (χ1n) is 5.29. The van der Waals surface area contributed by atoms with E-state index in [4.69, 9.17) is 11.6 Å². The van der Waals surface area contributed by atoms with Gasteiger partial charge in [0.2, 0.25) is 0 Å². The SMILES string of the molecule is CCC(=O)c1cc(C(O)C(O)CCl)ccc1O. The van der Waals surface area contributed by atoms with Gasteiger partial charge in [-0.15, -0.1) is 11.6 Å². The summed E-state index contributed by atoms with van der Waals surface area (Å²) in [6.45, 7) is 1.68. The van der Waals surface area contributed by atoms with Gasteiger partial charge in [-0.05, 0) is 17.7 Å². The summed E-state index contributed by atoms with van der Waals surface area (Å²) in [6, 6.07) is 4.15. The Hall–Kier alpha value is -1.10. The van der Waals surface area contributed by atoms with Gasteiger partial charge in [-0.1, -0.05) is 13.0 Å². The zero-order chi connectivity index (χ0) is 13.0. The van der Waals surface area contributed by atoms with Gasteiger partial charge in [-0.2, -0.15) is 0 Å². The van der Waals surface area contributed by atoms with Gasteiger partial charge in [0.25, 0.3) is 0 Å². The fourth-order valence-corrected chi connectivity index (χ4v) is 1.63. The maximum atomic E-state index is 11.5. The number of aliphatic hydroxyl groups excluding tert-OH is 2. The third-order valence-corrected chi connectivity index (χ3v) is 2.82. The Labute approximate surface area is 104 Å². The summed E-state index contributed by atoms with van der Waals surface area (Å²) in [5.74, 6) is -0.468. The van der Waals surface area contributed by atoms with E-state index in [1.165, 1.54) is 18.2 Å². The Morgan fingerprint density at radius 3 is 2.59 bits per heavy atom. The Kier molecular flexibility index (Phi) is 4.93. The smallest absolute Gasteiger partial charge is 0.166 e. The van der Waals surface area contributed by atoms with Crippen LogP contribution < -0.4 is 0 Å². The number of phenols is 1. The average Bonchev–Trinajstić information content (AvgIpc) is 2.36. The number of ketones is 1. The molecule has 4 nitrogen and oxygen atoms in total. The zero-order valence-electron chi connectivity index (χ0n) is 9.43. The van der Waals surface area contributed by atoms with Gasteiger partial charge >= 0.3 is 0 Å². The van der Waals surface area contributed by atoms with Crippen LogP contribution in [0.3, 0.4) is 0 Å². The number of benzene rings is 1. The van der Waals surface area contributed by atoms with Crippen LogP contribution in [0.25, 0.3) is 0 Å². The van der Waals surface area contributed by atoms with Crippen molar-refractivity contribution in [1.29, 1.82) is 0 Å². The molecule has 3 N–H and O–H groups in total. The minimum Gasteiger partial charge on any atom is -0.507 e. The van der Waals surface area contributed by atoms with Crippen molar-refractivity contribution in [1.82, 2.24) is 0 Å². The van der Waals surface area contributed by atoms with Crippen molar-refractivity contribution in [2.75, 3.05) is 5.88 Å². The predicted molar refractivity (Wildman–Crippen MR) is 64.4 cm³/mol. The maximum absolute atomic E-state index is 11.5. The van der Waals surface area contributed by atoms with Crippen molar-refractivity contribution >= 4 is 17.4 Å². The molecule has 5 heteroatoms. The van der Waals surface area contributed by atoms with Crippen LogP contribution in [-0.2, 0) is 0 Å². The number of aromatic hydroxyl groups is 1. The lowest BCUT2D eigenvalue weighted by atomic mass is 9.99. The van der Waals surface area contributed by atoms with Gasteiger partial charge in [0, 0.05) is 6.42 Å². The van der Waals surface area contributed by atoms with Gasteiger partial charge in [0.15, 0.2) is 5.78 Å². The summed E-state index contributed by atoms with van der Waals surface area (Å²) < 4.78 is 0. The second-order valence-corrected chi connectivity index (χ2v) is 4.03. The van der Waals surface area contributed by atoms with E-state index in [0.717, 1.165) is 0 Å². The van der Waals surface area contributed by atoms with E-state index < -0.39 is 12.2 Å².